The van der Waals surface area contributed by atoms with Gasteiger partial charge in [-0.1, -0.05) is 25.4 Å². The van der Waals surface area contributed by atoms with Gasteiger partial charge in [-0.15, -0.1) is 0 Å². The normalized spacial score (nSPS) is 10.6. The summed E-state index contributed by atoms with van der Waals surface area (Å²) in [6.07, 6.45) is 0. The lowest BCUT2D eigenvalue weighted by atomic mass is 10.0. The molecule has 0 aliphatic heterocycles. The number of aryl methyl sites for hydroxylation is 1. The van der Waals surface area contributed by atoms with Gasteiger partial charge in [0.15, 0.2) is 18.1 Å². The number of carbonyl (C=O) groups excluding carboxylic acids is 1. The Hall–Kier alpha value is -2.40. The summed E-state index contributed by atoms with van der Waals surface area (Å²) >= 11 is 6.20. The molecule has 140 valence electrons. The number of benzene rings is 2. The van der Waals surface area contributed by atoms with E-state index in [4.69, 9.17) is 25.8 Å². The zero-order chi connectivity index (χ0) is 19.3. The number of rotatable bonds is 7. The number of hydrogen-bond donors (Lipinski definition) is 1. The summed E-state index contributed by atoms with van der Waals surface area (Å²) in [5.41, 5.74) is 2.48. The fourth-order valence-electron chi connectivity index (χ4n) is 2.50. The number of carbonyl (C=O) groups is 1. The van der Waals surface area contributed by atoms with E-state index in [1.165, 1.54) is 0 Å². The average molecular weight is 378 g/mol. The molecule has 0 atom stereocenters. The van der Waals surface area contributed by atoms with Gasteiger partial charge in [0, 0.05) is 16.8 Å². The van der Waals surface area contributed by atoms with Crippen molar-refractivity contribution in [2.75, 3.05) is 26.1 Å². The number of hydrogen-bond acceptors (Lipinski definition) is 4. The lowest BCUT2D eigenvalue weighted by molar-refractivity contribution is -0.118. The summed E-state index contributed by atoms with van der Waals surface area (Å²) in [6, 6.07) is 8.92. The molecule has 1 amide bonds. The second-order valence-corrected chi connectivity index (χ2v) is 6.61. The summed E-state index contributed by atoms with van der Waals surface area (Å²) in [4.78, 5) is 12.2. The smallest absolute Gasteiger partial charge is 0.262 e. The monoisotopic (exact) mass is 377 g/mol. The Morgan fingerprint density at radius 2 is 1.77 bits per heavy atom. The van der Waals surface area contributed by atoms with E-state index >= 15 is 0 Å². The average Bonchev–Trinajstić information content (AvgIpc) is 2.61. The van der Waals surface area contributed by atoms with Crippen LogP contribution < -0.4 is 19.5 Å². The Kier molecular flexibility index (Phi) is 6.75. The van der Waals surface area contributed by atoms with E-state index in [2.05, 4.69) is 19.2 Å². The van der Waals surface area contributed by atoms with Crippen LogP contribution in [0.25, 0.3) is 0 Å². The second kappa shape index (κ2) is 8.81. The minimum Gasteiger partial charge on any atom is -0.493 e. The molecule has 2 rings (SSSR count). The zero-order valence-electron chi connectivity index (χ0n) is 15.7. The third kappa shape index (κ3) is 4.82. The van der Waals surface area contributed by atoms with E-state index in [-0.39, 0.29) is 18.4 Å². The lowest BCUT2D eigenvalue weighted by Gasteiger charge is -2.16. The molecule has 0 spiro atoms. The van der Waals surface area contributed by atoms with Crippen LogP contribution in [0.1, 0.15) is 30.9 Å². The van der Waals surface area contributed by atoms with Gasteiger partial charge in [0.1, 0.15) is 5.75 Å². The molecule has 2 aromatic rings. The maximum Gasteiger partial charge on any atom is 0.262 e. The van der Waals surface area contributed by atoms with Crippen molar-refractivity contribution in [3.05, 3.63) is 46.5 Å². The van der Waals surface area contributed by atoms with Gasteiger partial charge in [-0.2, -0.15) is 0 Å². The van der Waals surface area contributed by atoms with E-state index < -0.39 is 0 Å². The summed E-state index contributed by atoms with van der Waals surface area (Å²) in [5, 5.41) is 3.48. The lowest BCUT2D eigenvalue weighted by Crippen LogP contribution is -2.20. The number of anilines is 1. The van der Waals surface area contributed by atoms with Crippen molar-refractivity contribution in [2.24, 2.45) is 0 Å². The van der Waals surface area contributed by atoms with Crippen LogP contribution in [0.2, 0.25) is 5.02 Å². The Balaban J connectivity index is 2.07. The molecule has 1 N–H and O–H groups in total. The van der Waals surface area contributed by atoms with E-state index in [1.807, 2.05) is 19.1 Å². The van der Waals surface area contributed by atoms with Crippen LogP contribution in [-0.4, -0.2) is 26.7 Å². The minimum absolute atomic E-state index is 0.102. The number of methoxy groups -OCH3 is 2. The fourth-order valence-corrected chi connectivity index (χ4v) is 2.67. The second-order valence-electron chi connectivity index (χ2n) is 6.20. The van der Waals surface area contributed by atoms with Crippen LogP contribution >= 0.6 is 11.6 Å². The van der Waals surface area contributed by atoms with Crippen molar-refractivity contribution >= 4 is 23.2 Å². The number of nitrogens with one attached hydrogen (secondary N) is 1. The summed E-state index contributed by atoms with van der Waals surface area (Å²) in [7, 11) is 3.10. The topological polar surface area (TPSA) is 56.8 Å². The van der Waals surface area contributed by atoms with Gasteiger partial charge >= 0.3 is 0 Å². The zero-order valence-corrected chi connectivity index (χ0v) is 16.4. The fraction of sp³-hybridized carbons (Fsp3) is 0.350. The Morgan fingerprint density at radius 3 is 2.38 bits per heavy atom. The van der Waals surface area contributed by atoms with Gasteiger partial charge in [-0.05, 0) is 48.2 Å². The van der Waals surface area contributed by atoms with Gasteiger partial charge in [0.25, 0.3) is 5.91 Å². The van der Waals surface area contributed by atoms with Crippen LogP contribution in [0.5, 0.6) is 17.2 Å². The highest BCUT2D eigenvalue weighted by Crippen LogP contribution is 2.32. The van der Waals surface area contributed by atoms with Crippen LogP contribution in [0.4, 0.5) is 5.69 Å². The van der Waals surface area contributed by atoms with E-state index in [0.29, 0.717) is 28.0 Å². The standard InChI is InChI=1S/C20H24ClNO4/c1-12(2)15-10-16(21)13(3)8-18(15)26-11-20(23)22-14-6-7-17(24-4)19(9-14)25-5/h6-10,12H,11H2,1-5H3,(H,22,23). The molecule has 0 aromatic heterocycles. The van der Waals surface area contributed by atoms with Crippen LogP contribution in [0.15, 0.2) is 30.3 Å². The largest absolute Gasteiger partial charge is 0.493 e. The van der Waals surface area contributed by atoms with E-state index in [1.54, 1.807) is 32.4 Å². The third-order valence-electron chi connectivity index (χ3n) is 3.94. The molecule has 0 fully saturated rings. The molecule has 0 bridgehead atoms. The number of halogens is 1. The maximum absolute atomic E-state index is 12.2. The predicted octanol–water partition coefficient (Wildman–Crippen LogP) is 4.81. The molecular weight excluding hydrogens is 354 g/mol. The van der Waals surface area contributed by atoms with Gasteiger partial charge in [-0.3, -0.25) is 4.79 Å². The van der Waals surface area contributed by atoms with Gasteiger partial charge in [0.05, 0.1) is 14.2 Å². The molecule has 0 unspecified atom stereocenters. The van der Waals surface area contributed by atoms with Crippen LogP contribution in [-0.2, 0) is 4.79 Å². The Labute approximate surface area is 159 Å². The highest BCUT2D eigenvalue weighted by Gasteiger charge is 2.13. The maximum atomic E-state index is 12.2. The van der Waals surface area contributed by atoms with Crippen molar-refractivity contribution in [3.8, 4) is 17.2 Å². The SMILES string of the molecule is COc1ccc(NC(=O)COc2cc(C)c(Cl)cc2C(C)C)cc1OC. The molecule has 0 saturated heterocycles. The van der Waals surface area contributed by atoms with Crippen molar-refractivity contribution < 1.29 is 19.0 Å². The first-order valence-corrected chi connectivity index (χ1v) is 8.68. The third-order valence-corrected chi connectivity index (χ3v) is 4.35. The first-order valence-electron chi connectivity index (χ1n) is 8.30. The summed E-state index contributed by atoms with van der Waals surface area (Å²) < 4.78 is 16.2. The molecule has 0 aliphatic rings. The van der Waals surface area contributed by atoms with E-state index in [0.717, 1.165) is 11.1 Å². The molecule has 6 heteroatoms. The Bertz CT molecular complexity index is 790. The molecule has 5 nitrogen and oxygen atoms in total. The van der Waals surface area contributed by atoms with Gasteiger partial charge < -0.3 is 19.5 Å². The summed E-state index contributed by atoms with van der Waals surface area (Å²) in [6.45, 7) is 5.91. The highest BCUT2D eigenvalue weighted by atomic mass is 35.5. The molecule has 0 radical (unpaired) electrons. The quantitative estimate of drug-likeness (QED) is 0.752. The van der Waals surface area contributed by atoms with Crippen molar-refractivity contribution in [1.29, 1.82) is 0 Å². The van der Waals surface area contributed by atoms with E-state index in [9.17, 15) is 4.79 Å². The molecule has 26 heavy (non-hydrogen) atoms. The molecule has 2 aromatic carbocycles. The first kappa shape index (κ1) is 19.9. The molecule has 0 aliphatic carbocycles. The summed E-state index contributed by atoms with van der Waals surface area (Å²) in [5.74, 6) is 1.78. The van der Waals surface area contributed by atoms with Crippen LogP contribution in [0.3, 0.4) is 0 Å². The van der Waals surface area contributed by atoms with Gasteiger partial charge in [0.2, 0.25) is 0 Å². The number of amides is 1. The van der Waals surface area contributed by atoms with Gasteiger partial charge in [-0.25, -0.2) is 0 Å². The van der Waals surface area contributed by atoms with Crippen molar-refractivity contribution in [1.82, 2.24) is 0 Å². The molecular formula is C20H24ClNO4. The Morgan fingerprint density at radius 1 is 1.08 bits per heavy atom. The highest BCUT2D eigenvalue weighted by molar-refractivity contribution is 6.31. The molecule has 0 heterocycles. The minimum atomic E-state index is -0.264. The predicted molar refractivity (Wildman–Crippen MR) is 104 cm³/mol. The van der Waals surface area contributed by atoms with Crippen molar-refractivity contribution in [2.45, 2.75) is 26.7 Å². The first-order chi connectivity index (χ1) is 12.3. The van der Waals surface area contributed by atoms with Crippen molar-refractivity contribution in [3.63, 3.8) is 0 Å². The molecule has 0 saturated carbocycles. The number of ether oxygens (including phenoxy) is 3. The van der Waals surface area contributed by atoms with Crippen LogP contribution in [0, 0.1) is 6.92 Å².